The van der Waals surface area contributed by atoms with Crippen molar-refractivity contribution in [3.05, 3.63) is 14.7 Å². The Labute approximate surface area is 132 Å². The minimum Gasteiger partial charge on any atom is -0.379 e. The van der Waals surface area contributed by atoms with E-state index in [0.717, 1.165) is 4.88 Å². The summed E-state index contributed by atoms with van der Waals surface area (Å²) >= 11 is 4.84. The number of morpholine rings is 1. The summed E-state index contributed by atoms with van der Waals surface area (Å²) in [6.45, 7) is 6.57. The lowest BCUT2D eigenvalue weighted by atomic mass is 10.4. The normalized spacial score (nSPS) is 17.8. The van der Waals surface area contributed by atoms with Crippen LogP contribution in [0.1, 0.15) is 18.7 Å². The average molecular weight is 383 g/mol. The Morgan fingerprint density at radius 2 is 2.10 bits per heavy atom. The lowest BCUT2D eigenvalue weighted by Crippen LogP contribution is -2.40. The van der Waals surface area contributed by atoms with Crippen molar-refractivity contribution in [1.29, 1.82) is 0 Å². The molecule has 0 radical (unpaired) electrons. The van der Waals surface area contributed by atoms with Gasteiger partial charge in [-0.1, -0.05) is 13.8 Å². The Kier molecular flexibility index (Phi) is 5.61. The molecule has 1 fully saturated rings. The number of hydrogen-bond acceptors (Lipinski definition) is 5. The number of halogens is 1. The molecule has 0 aromatic carbocycles. The molecular formula is C12H19BrN2O3S2. The van der Waals surface area contributed by atoms with Gasteiger partial charge in [-0.3, -0.25) is 0 Å². The van der Waals surface area contributed by atoms with Gasteiger partial charge in [0.1, 0.15) is 4.90 Å². The summed E-state index contributed by atoms with van der Waals surface area (Å²) in [5.74, 6) is 0. The molecule has 20 heavy (non-hydrogen) atoms. The first-order valence-electron chi connectivity index (χ1n) is 6.50. The van der Waals surface area contributed by atoms with Crippen molar-refractivity contribution in [3.63, 3.8) is 0 Å². The highest BCUT2D eigenvalue weighted by molar-refractivity contribution is 9.11. The Morgan fingerprint density at radius 1 is 1.45 bits per heavy atom. The third-order valence-corrected chi connectivity index (χ3v) is 7.13. The van der Waals surface area contributed by atoms with Gasteiger partial charge in [-0.2, -0.15) is 4.31 Å². The minimum atomic E-state index is -3.42. The van der Waals surface area contributed by atoms with Crippen LogP contribution in [0.2, 0.25) is 0 Å². The molecule has 2 heterocycles. The molecule has 0 unspecified atom stereocenters. The Balaban J connectivity index is 2.18. The maximum absolute atomic E-state index is 12.6. The van der Waals surface area contributed by atoms with Gasteiger partial charge in [0.2, 0.25) is 10.0 Å². The van der Waals surface area contributed by atoms with E-state index in [2.05, 4.69) is 35.1 Å². The largest absolute Gasteiger partial charge is 0.379 e. The van der Waals surface area contributed by atoms with Crippen molar-refractivity contribution in [3.8, 4) is 0 Å². The van der Waals surface area contributed by atoms with Crippen LogP contribution in [0.4, 0.5) is 0 Å². The van der Waals surface area contributed by atoms with Gasteiger partial charge in [0.25, 0.3) is 0 Å². The van der Waals surface area contributed by atoms with Crippen molar-refractivity contribution >= 4 is 37.3 Å². The summed E-state index contributed by atoms with van der Waals surface area (Å²) < 4.78 is 32.5. The first kappa shape index (κ1) is 16.4. The van der Waals surface area contributed by atoms with E-state index >= 15 is 0 Å². The van der Waals surface area contributed by atoms with Crippen LogP contribution in [0.5, 0.6) is 0 Å². The third kappa shape index (κ3) is 3.80. The molecule has 0 saturated carbocycles. The van der Waals surface area contributed by atoms with Gasteiger partial charge >= 0.3 is 0 Å². The molecule has 1 aliphatic heterocycles. The number of sulfonamides is 1. The van der Waals surface area contributed by atoms with Crippen molar-refractivity contribution in [2.75, 3.05) is 26.3 Å². The number of hydrogen-bond donors (Lipinski definition) is 1. The molecule has 0 aliphatic carbocycles. The number of ether oxygens (including phenoxy) is 1. The van der Waals surface area contributed by atoms with Crippen LogP contribution in [0, 0.1) is 0 Å². The number of nitrogens with one attached hydrogen (secondary N) is 1. The fraction of sp³-hybridized carbons (Fsp3) is 0.667. The van der Waals surface area contributed by atoms with E-state index in [1.54, 1.807) is 6.07 Å². The quantitative estimate of drug-likeness (QED) is 0.846. The molecule has 0 atom stereocenters. The molecule has 5 nitrogen and oxygen atoms in total. The Morgan fingerprint density at radius 3 is 2.70 bits per heavy atom. The van der Waals surface area contributed by atoms with Crippen LogP contribution < -0.4 is 5.32 Å². The van der Waals surface area contributed by atoms with Gasteiger partial charge in [-0.05, 0) is 22.0 Å². The second-order valence-electron chi connectivity index (χ2n) is 4.90. The van der Waals surface area contributed by atoms with Crippen LogP contribution >= 0.6 is 27.3 Å². The Bertz CT molecular complexity index is 551. The molecule has 1 saturated heterocycles. The summed E-state index contributed by atoms with van der Waals surface area (Å²) in [5, 5.41) is 3.29. The van der Waals surface area contributed by atoms with E-state index < -0.39 is 10.0 Å². The molecule has 2 rings (SSSR count). The molecule has 0 amide bonds. The van der Waals surface area contributed by atoms with Crippen molar-refractivity contribution in [2.45, 2.75) is 31.3 Å². The molecule has 8 heteroatoms. The highest BCUT2D eigenvalue weighted by Gasteiger charge is 2.29. The van der Waals surface area contributed by atoms with Crippen LogP contribution in [0.15, 0.2) is 14.7 Å². The predicted octanol–water partition coefficient (Wildman–Crippen LogP) is 2.03. The van der Waals surface area contributed by atoms with Crippen molar-refractivity contribution in [1.82, 2.24) is 9.62 Å². The fourth-order valence-corrected chi connectivity index (χ4v) is 5.88. The molecule has 114 valence electrons. The van der Waals surface area contributed by atoms with Gasteiger partial charge in [-0.25, -0.2) is 8.42 Å². The van der Waals surface area contributed by atoms with Crippen molar-refractivity contribution in [2.24, 2.45) is 0 Å². The standard InChI is InChI=1S/C12H19BrN2O3S2/c1-9(2)14-8-10-7-11(12(13)19-10)20(16,17)15-3-5-18-6-4-15/h7,9,14H,3-6,8H2,1-2H3. The molecule has 0 bridgehead atoms. The van der Waals surface area contributed by atoms with Gasteiger partial charge < -0.3 is 10.1 Å². The zero-order valence-corrected chi connectivity index (χ0v) is 14.8. The Hall–Kier alpha value is 0.01000. The third-order valence-electron chi connectivity index (χ3n) is 2.98. The molecule has 1 aromatic rings. The molecule has 1 N–H and O–H groups in total. The number of nitrogens with zero attached hydrogens (tertiary/aromatic N) is 1. The second-order valence-corrected chi connectivity index (χ2v) is 9.26. The van der Waals surface area contributed by atoms with E-state index in [9.17, 15) is 8.42 Å². The van der Waals surface area contributed by atoms with E-state index in [4.69, 9.17) is 4.74 Å². The number of thiophene rings is 1. The topological polar surface area (TPSA) is 58.6 Å². The lowest BCUT2D eigenvalue weighted by molar-refractivity contribution is 0.0730. The molecule has 1 aromatic heterocycles. The highest BCUT2D eigenvalue weighted by Crippen LogP contribution is 2.33. The van der Waals surface area contributed by atoms with Crippen LogP contribution in [0.3, 0.4) is 0 Å². The van der Waals surface area contributed by atoms with E-state index in [1.165, 1.54) is 15.6 Å². The van der Waals surface area contributed by atoms with Gasteiger partial charge in [-0.15, -0.1) is 11.3 Å². The zero-order chi connectivity index (χ0) is 14.8. The maximum Gasteiger partial charge on any atom is 0.245 e. The van der Waals surface area contributed by atoms with Crippen LogP contribution in [-0.4, -0.2) is 45.1 Å². The van der Waals surface area contributed by atoms with Gasteiger partial charge in [0.05, 0.1) is 17.0 Å². The monoisotopic (exact) mass is 382 g/mol. The first-order valence-corrected chi connectivity index (χ1v) is 9.55. The highest BCUT2D eigenvalue weighted by atomic mass is 79.9. The maximum atomic E-state index is 12.6. The summed E-state index contributed by atoms with van der Waals surface area (Å²) in [6, 6.07) is 2.13. The lowest BCUT2D eigenvalue weighted by Gasteiger charge is -2.25. The molecular weight excluding hydrogens is 364 g/mol. The average Bonchev–Trinajstić information content (AvgIpc) is 2.79. The fourth-order valence-electron chi connectivity index (χ4n) is 1.89. The zero-order valence-electron chi connectivity index (χ0n) is 11.6. The number of rotatable bonds is 5. The van der Waals surface area contributed by atoms with Gasteiger partial charge in [0.15, 0.2) is 0 Å². The van der Waals surface area contributed by atoms with E-state index in [1.807, 2.05) is 0 Å². The summed E-state index contributed by atoms with van der Waals surface area (Å²) in [7, 11) is -3.42. The summed E-state index contributed by atoms with van der Waals surface area (Å²) in [5.41, 5.74) is 0. The summed E-state index contributed by atoms with van der Waals surface area (Å²) in [6.07, 6.45) is 0. The molecule has 1 aliphatic rings. The SMILES string of the molecule is CC(C)NCc1cc(S(=O)(=O)N2CCOCC2)c(Br)s1. The van der Waals surface area contributed by atoms with Crippen LogP contribution in [0.25, 0.3) is 0 Å². The first-order chi connectivity index (χ1) is 9.41. The minimum absolute atomic E-state index is 0.366. The summed E-state index contributed by atoms with van der Waals surface area (Å²) in [4.78, 5) is 1.38. The van der Waals surface area contributed by atoms with Crippen LogP contribution in [-0.2, 0) is 21.3 Å². The smallest absolute Gasteiger partial charge is 0.245 e. The second kappa shape index (κ2) is 6.85. The van der Waals surface area contributed by atoms with Gasteiger partial charge in [0, 0.05) is 30.6 Å². The van der Waals surface area contributed by atoms with E-state index in [-0.39, 0.29) is 0 Å². The predicted molar refractivity (Wildman–Crippen MR) is 83.6 cm³/mol. The van der Waals surface area contributed by atoms with E-state index in [0.29, 0.717) is 47.6 Å². The molecule has 0 spiro atoms. The van der Waals surface area contributed by atoms with Crippen molar-refractivity contribution < 1.29 is 13.2 Å².